The summed E-state index contributed by atoms with van der Waals surface area (Å²) < 4.78 is 0. The highest BCUT2D eigenvalue weighted by Crippen LogP contribution is 2.48. The van der Waals surface area contributed by atoms with E-state index in [0.717, 1.165) is 39.8 Å². The molecular formula is C28H20N2O3. The Morgan fingerprint density at radius 1 is 0.788 bits per heavy atom. The summed E-state index contributed by atoms with van der Waals surface area (Å²) in [4.78, 5) is 25.8. The van der Waals surface area contributed by atoms with Gasteiger partial charge in [0, 0.05) is 10.6 Å². The molecule has 0 N–H and O–H groups in total. The number of hydrogen-bond donors (Lipinski definition) is 0. The predicted octanol–water partition coefficient (Wildman–Crippen LogP) is 5.64. The Balaban J connectivity index is 1.52. The van der Waals surface area contributed by atoms with Crippen LogP contribution < -0.4 is 4.90 Å². The summed E-state index contributed by atoms with van der Waals surface area (Å²) in [6, 6.07) is 29.8. The molecule has 0 atom stereocenters. The Kier molecular flexibility index (Phi) is 4.37. The molecule has 0 bridgehead atoms. The number of hydrogen-bond acceptors (Lipinski definition) is 3. The van der Waals surface area contributed by atoms with E-state index in [4.69, 9.17) is 0 Å². The molecule has 6 rings (SSSR count). The normalized spacial score (nSPS) is 13.1. The molecule has 5 nitrogen and oxygen atoms in total. The number of nitro groups is 1. The highest BCUT2D eigenvalue weighted by Gasteiger charge is 2.37. The summed E-state index contributed by atoms with van der Waals surface area (Å²) in [5.41, 5.74) is 9.53. The summed E-state index contributed by atoms with van der Waals surface area (Å²) in [6.07, 6.45) is 0.786. The topological polar surface area (TPSA) is 63.4 Å². The van der Waals surface area contributed by atoms with Crippen LogP contribution in [0.25, 0.3) is 22.3 Å². The molecule has 2 aliphatic carbocycles. The molecule has 160 valence electrons. The zero-order chi connectivity index (χ0) is 22.5. The van der Waals surface area contributed by atoms with Crippen LogP contribution in [0.15, 0.2) is 91.0 Å². The molecule has 0 saturated heterocycles. The average Bonchev–Trinajstić information content (AvgIpc) is 3.35. The SMILES string of the molecule is O=C(C[N+](=O)[O-])N(c1ccc2c(c1)Cc1ccccc1-2)C1c2ccccc2-c2ccccc21. The van der Waals surface area contributed by atoms with Crippen LogP contribution in [0.4, 0.5) is 5.69 Å². The van der Waals surface area contributed by atoms with E-state index in [1.54, 1.807) is 4.90 Å². The molecule has 0 spiro atoms. The van der Waals surface area contributed by atoms with Gasteiger partial charge in [0.15, 0.2) is 0 Å². The lowest BCUT2D eigenvalue weighted by molar-refractivity contribution is -0.467. The van der Waals surface area contributed by atoms with E-state index < -0.39 is 23.4 Å². The summed E-state index contributed by atoms with van der Waals surface area (Å²) >= 11 is 0. The molecule has 4 aromatic rings. The van der Waals surface area contributed by atoms with Crippen LogP contribution in [0, 0.1) is 10.1 Å². The molecular weight excluding hydrogens is 412 g/mol. The van der Waals surface area contributed by atoms with Crippen molar-refractivity contribution < 1.29 is 9.72 Å². The molecule has 0 aromatic heterocycles. The first-order valence-corrected chi connectivity index (χ1v) is 10.9. The monoisotopic (exact) mass is 432 g/mol. The van der Waals surface area contributed by atoms with Crippen LogP contribution in [0.3, 0.4) is 0 Å². The molecule has 33 heavy (non-hydrogen) atoms. The minimum absolute atomic E-state index is 0.410. The Hall–Kier alpha value is -4.25. The van der Waals surface area contributed by atoms with Gasteiger partial charge in [-0.15, -0.1) is 0 Å². The maximum Gasteiger partial charge on any atom is 0.299 e. The van der Waals surface area contributed by atoms with Crippen molar-refractivity contribution in [1.82, 2.24) is 0 Å². The first kappa shape index (κ1) is 19.4. The van der Waals surface area contributed by atoms with Crippen LogP contribution in [0.1, 0.15) is 28.3 Å². The zero-order valence-corrected chi connectivity index (χ0v) is 17.8. The lowest BCUT2D eigenvalue weighted by Crippen LogP contribution is -2.38. The minimum Gasteiger partial charge on any atom is -0.295 e. The molecule has 0 saturated carbocycles. The minimum atomic E-state index is -0.752. The molecule has 5 heteroatoms. The largest absolute Gasteiger partial charge is 0.299 e. The summed E-state index contributed by atoms with van der Waals surface area (Å²) in [5, 5.41) is 11.3. The van der Waals surface area contributed by atoms with Crippen molar-refractivity contribution in [3.05, 3.63) is 123 Å². The van der Waals surface area contributed by atoms with Gasteiger partial charge in [0.1, 0.15) is 0 Å². The number of amides is 1. The Bertz CT molecular complexity index is 1400. The van der Waals surface area contributed by atoms with Gasteiger partial charge in [-0.2, -0.15) is 0 Å². The van der Waals surface area contributed by atoms with Gasteiger partial charge in [0.2, 0.25) is 0 Å². The number of nitrogens with zero attached hydrogens (tertiary/aromatic N) is 2. The number of benzene rings is 4. The molecule has 1 amide bonds. The smallest absolute Gasteiger partial charge is 0.295 e. The van der Waals surface area contributed by atoms with Gasteiger partial charge >= 0.3 is 0 Å². The quantitative estimate of drug-likeness (QED) is 0.273. The fraction of sp³-hybridized carbons (Fsp3) is 0.107. The van der Waals surface area contributed by atoms with Crippen LogP contribution >= 0.6 is 0 Å². The second-order valence-corrected chi connectivity index (χ2v) is 8.51. The van der Waals surface area contributed by atoms with E-state index in [1.165, 1.54) is 11.1 Å². The van der Waals surface area contributed by atoms with Gasteiger partial charge < -0.3 is 0 Å². The van der Waals surface area contributed by atoms with E-state index >= 15 is 0 Å². The van der Waals surface area contributed by atoms with E-state index in [1.807, 2.05) is 78.9 Å². The molecule has 0 fully saturated rings. The van der Waals surface area contributed by atoms with E-state index in [9.17, 15) is 14.9 Å². The van der Waals surface area contributed by atoms with Crippen molar-refractivity contribution in [2.45, 2.75) is 12.5 Å². The molecule has 0 unspecified atom stereocenters. The van der Waals surface area contributed by atoms with Crippen LogP contribution in [0.5, 0.6) is 0 Å². The van der Waals surface area contributed by atoms with Gasteiger partial charge in [0.25, 0.3) is 12.5 Å². The summed E-state index contributed by atoms with van der Waals surface area (Å²) in [7, 11) is 0. The van der Waals surface area contributed by atoms with Gasteiger partial charge in [-0.1, -0.05) is 78.9 Å². The third-order valence-electron chi connectivity index (χ3n) is 6.65. The summed E-state index contributed by atoms with van der Waals surface area (Å²) in [6.45, 7) is -0.752. The van der Waals surface area contributed by atoms with Crippen molar-refractivity contribution in [2.75, 3.05) is 11.4 Å². The third-order valence-corrected chi connectivity index (χ3v) is 6.65. The van der Waals surface area contributed by atoms with Crippen molar-refractivity contribution in [3.63, 3.8) is 0 Å². The van der Waals surface area contributed by atoms with Gasteiger partial charge in [0.05, 0.1) is 6.04 Å². The maximum atomic E-state index is 13.4. The summed E-state index contributed by atoms with van der Waals surface area (Å²) in [5.74, 6) is -0.521. The maximum absolute atomic E-state index is 13.4. The molecule has 4 aromatic carbocycles. The van der Waals surface area contributed by atoms with Gasteiger partial charge in [-0.25, -0.2) is 0 Å². The fourth-order valence-electron chi connectivity index (χ4n) is 5.31. The molecule has 0 heterocycles. The third kappa shape index (κ3) is 3.04. The molecule has 0 radical (unpaired) electrons. The van der Waals surface area contributed by atoms with Crippen LogP contribution in [0.2, 0.25) is 0 Å². The average molecular weight is 432 g/mol. The Labute approximate surface area is 191 Å². The lowest BCUT2D eigenvalue weighted by atomic mass is 10.0. The number of carbonyl (C=O) groups excluding carboxylic acids is 1. The second-order valence-electron chi connectivity index (χ2n) is 8.51. The molecule has 2 aliphatic rings. The number of anilines is 1. The van der Waals surface area contributed by atoms with E-state index in [2.05, 4.69) is 12.1 Å². The standard InChI is InChI=1S/C28H20N2O3/c31-27(17-29(32)33)30(20-13-14-22-19(16-20)15-18-7-1-2-8-21(18)22)28-25-11-5-3-9-23(25)24-10-4-6-12-26(24)28/h1-14,16,28H,15,17H2. The first-order valence-electron chi connectivity index (χ1n) is 10.9. The second kappa shape index (κ2) is 7.41. The number of fused-ring (bicyclic) bond motifs is 6. The van der Waals surface area contributed by atoms with Crippen LogP contribution in [-0.4, -0.2) is 17.4 Å². The van der Waals surface area contributed by atoms with Crippen molar-refractivity contribution in [3.8, 4) is 22.3 Å². The van der Waals surface area contributed by atoms with Gasteiger partial charge in [-0.3, -0.25) is 19.8 Å². The van der Waals surface area contributed by atoms with E-state index in [-0.39, 0.29) is 0 Å². The highest BCUT2D eigenvalue weighted by atomic mass is 16.6. The van der Waals surface area contributed by atoms with Crippen molar-refractivity contribution in [2.24, 2.45) is 0 Å². The highest BCUT2D eigenvalue weighted by molar-refractivity contribution is 5.98. The predicted molar refractivity (Wildman–Crippen MR) is 128 cm³/mol. The van der Waals surface area contributed by atoms with Crippen molar-refractivity contribution >= 4 is 11.6 Å². The van der Waals surface area contributed by atoms with Gasteiger partial charge in [-0.05, 0) is 63.1 Å². The Morgan fingerprint density at radius 3 is 2.03 bits per heavy atom. The Morgan fingerprint density at radius 2 is 1.36 bits per heavy atom. The lowest BCUT2D eigenvalue weighted by Gasteiger charge is -2.30. The number of carbonyl (C=O) groups is 1. The van der Waals surface area contributed by atoms with E-state index in [0.29, 0.717) is 5.69 Å². The van der Waals surface area contributed by atoms with Crippen molar-refractivity contribution in [1.29, 1.82) is 0 Å². The molecule has 0 aliphatic heterocycles. The fourth-order valence-corrected chi connectivity index (χ4v) is 5.31. The number of rotatable bonds is 4. The first-order chi connectivity index (χ1) is 16.1. The van der Waals surface area contributed by atoms with Crippen LogP contribution in [-0.2, 0) is 11.2 Å². The zero-order valence-electron chi connectivity index (χ0n) is 17.8.